The Morgan fingerprint density at radius 2 is 1.10 bits per heavy atom. The molecular formula is C29H44. The van der Waals surface area contributed by atoms with E-state index in [9.17, 15) is 0 Å². The largest absolute Gasteiger partial charge is 0.0885 e. The summed E-state index contributed by atoms with van der Waals surface area (Å²) in [7, 11) is 0. The molecule has 0 nitrogen and oxygen atoms in total. The molecule has 0 N–H and O–H groups in total. The van der Waals surface area contributed by atoms with Crippen molar-refractivity contribution in [1.29, 1.82) is 0 Å². The first-order valence-corrected chi connectivity index (χ1v) is 12.5. The maximum Gasteiger partial charge on any atom is -0.0181 e. The minimum absolute atomic E-state index is 1.21. The molecule has 0 aliphatic heterocycles. The SMILES string of the molecule is CCCCCCCCCCCCC/C=C/CCCCc1ccc2ccccc2c1. The van der Waals surface area contributed by atoms with Crippen molar-refractivity contribution in [3.63, 3.8) is 0 Å². The molecule has 0 saturated carbocycles. The van der Waals surface area contributed by atoms with E-state index in [0.717, 1.165) is 0 Å². The fourth-order valence-electron chi connectivity index (χ4n) is 4.15. The van der Waals surface area contributed by atoms with Crippen molar-refractivity contribution < 1.29 is 0 Å². The molecule has 0 fully saturated rings. The summed E-state index contributed by atoms with van der Waals surface area (Å²) in [6, 6.07) is 15.6. The van der Waals surface area contributed by atoms with Crippen molar-refractivity contribution in [1.82, 2.24) is 0 Å². The Labute approximate surface area is 180 Å². The number of fused-ring (bicyclic) bond motifs is 1. The Bertz CT molecular complexity index is 667. The van der Waals surface area contributed by atoms with Crippen LogP contribution in [0.5, 0.6) is 0 Å². The molecule has 0 radical (unpaired) electrons. The lowest BCUT2D eigenvalue weighted by Gasteiger charge is -2.03. The van der Waals surface area contributed by atoms with Gasteiger partial charge in [-0.1, -0.05) is 126 Å². The minimum atomic E-state index is 1.21. The van der Waals surface area contributed by atoms with Crippen molar-refractivity contribution in [2.24, 2.45) is 0 Å². The molecule has 0 aliphatic carbocycles. The van der Waals surface area contributed by atoms with Crippen molar-refractivity contribution in [2.45, 2.75) is 110 Å². The van der Waals surface area contributed by atoms with E-state index in [0.29, 0.717) is 0 Å². The number of unbranched alkanes of at least 4 members (excludes halogenated alkanes) is 13. The van der Waals surface area contributed by atoms with Gasteiger partial charge in [0.15, 0.2) is 0 Å². The highest BCUT2D eigenvalue weighted by atomic mass is 14.0. The molecule has 2 aromatic carbocycles. The summed E-state index contributed by atoms with van der Waals surface area (Å²) in [6.45, 7) is 2.29. The molecular weight excluding hydrogens is 348 g/mol. The molecule has 0 heteroatoms. The van der Waals surface area contributed by atoms with Gasteiger partial charge in [-0.2, -0.15) is 0 Å². The van der Waals surface area contributed by atoms with Gasteiger partial charge in [0.05, 0.1) is 0 Å². The third kappa shape index (κ3) is 11.3. The van der Waals surface area contributed by atoms with Gasteiger partial charge in [0, 0.05) is 0 Å². The maximum absolute atomic E-state index is 2.42. The van der Waals surface area contributed by atoms with Crippen molar-refractivity contribution in [2.75, 3.05) is 0 Å². The summed E-state index contributed by atoms with van der Waals surface area (Å²) in [5.74, 6) is 0. The third-order valence-corrected chi connectivity index (χ3v) is 6.04. The second-order valence-electron chi connectivity index (χ2n) is 8.72. The van der Waals surface area contributed by atoms with Crippen LogP contribution in [-0.4, -0.2) is 0 Å². The second-order valence-corrected chi connectivity index (χ2v) is 8.72. The van der Waals surface area contributed by atoms with Gasteiger partial charge in [-0.3, -0.25) is 0 Å². The average molecular weight is 393 g/mol. The number of rotatable bonds is 17. The fourth-order valence-corrected chi connectivity index (χ4v) is 4.15. The van der Waals surface area contributed by atoms with Crippen molar-refractivity contribution >= 4 is 10.8 Å². The molecule has 0 aliphatic rings. The van der Waals surface area contributed by atoms with Crippen LogP contribution >= 0.6 is 0 Å². The molecule has 2 aromatic rings. The summed E-state index contributed by atoms with van der Waals surface area (Å²) in [5, 5.41) is 2.72. The van der Waals surface area contributed by atoms with Crippen LogP contribution in [0.2, 0.25) is 0 Å². The van der Waals surface area contributed by atoms with Gasteiger partial charge in [0.2, 0.25) is 0 Å². The Hall–Kier alpha value is -1.56. The Morgan fingerprint density at radius 3 is 1.76 bits per heavy atom. The van der Waals surface area contributed by atoms with Crippen LogP contribution in [0.3, 0.4) is 0 Å². The van der Waals surface area contributed by atoms with Gasteiger partial charge >= 0.3 is 0 Å². The molecule has 0 spiro atoms. The van der Waals surface area contributed by atoms with Gasteiger partial charge in [-0.05, 0) is 54.9 Å². The van der Waals surface area contributed by atoms with E-state index in [1.165, 1.54) is 119 Å². The minimum Gasteiger partial charge on any atom is -0.0885 e. The molecule has 0 unspecified atom stereocenters. The first-order valence-electron chi connectivity index (χ1n) is 12.5. The number of allylic oxidation sites excluding steroid dienone is 2. The van der Waals surface area contributed by atoms with Crippen LogP contribution in [-0.2, 0) is 6.42 Å². The lowest BCUT2D eigenvalue weighted by Crippen LogP contribution is -1.85. The zero-order chi connectivity index (χ0) is 20.4. The van der Waals surface area contributed by atoms with E-state index in [2.05, 4.69) is 61.5 Å². The zero-order valence-corrected chi connectivity index (χ0v) is 19.0. The van der Waals surface area contributed by atoms with E-state index in [1.54, 1.807) is 0 Å². The summed E-state index contributed by atoms with van der Waals surface area (Å²) < 4.78 is 0. The van der Waals surface area contributed by atoms with Gasteiger partial charge in [0.1, 0.15) is 0 Å². The molecule has 2 rings (SSSR count). The summed E-state index contributed by atoms with van der Waals surface area (Å²) in [5.41, 5.74) is 1.48. The van der Waals surface area contributed by atoms with Crippen LogP contribution in [0, 0.1) is 0 Å². The van der Waals surface area contributed by atoms with Gasteiger partial charge in [-0.25, -0.2) is 0 Å². The van der Waals surface area contributed by atoms with E-state index < -0.39 is 0 Å². The topological polar surface area (TPSA) is 0 Å². The molecule has 29 heavy (non-hydrogen) atoms. The van der Waals surface area contributed by atoms with E-state index in [4.69, 9.17) is 0 Å². The number of hydrogen-bond donors (Lipinski definition) is 0. The predicted octanol–water partition coefficient (Wildman–Crippen LogP) is 9.81. The van der Waals surface area contributed by atoms with Gasteiger partial charge in [-0.15, -0.1) is 0 Å². The van der Waals surface area contributed by atoms with Crippen molar-refractivity contribution in [3.8, 4) is 0 Å². The first kappa shape index (κ1) is 23.7. The Balaban J connectivity index is 1.37. The molecule has 0 atom stereocenters. The van der Waals surface area contributed by atoms with E-state index in [-0.39, 0.29) is 0 Å². The maximum atomic E-state index is 2.42. The third-order valence-electron chi connectivity index (χ3n) is 6.04. The molecule has 0 amide bonds. The van der Waals surface area contributed by atoms with Crippen LogP contribution in [0.25, 0.3) is 10.8 Å². The Kier molecular flexibility index (Phi) is 13.3. The smallest absolute Gasteiger partial charge is 0.0181 e. The number of aryl methyl sites for hydroxylation is 1. The number of hydrogen-bond acceptors (Lipinski definition) is 0. The Morgan fingerprint density at radius 1 is 0.552 bits per heavy atom. The summed E-state index contributed by atoms with van der Waals surface area (Å²) in [4.78, 5) is 0. The normalized spacial score (nSPS) is 11.6. The first-order chi connectivity index (χ1) is 14.4. The molecule has 0 heterocycles. The van der Waals surface area contributed by atoms with E-state index >= 15 is 0 Å². The van der Waals surface area contributed by atoms with Crippen LogP contribution < -0.4 is 0 Å². The highest BCUT2D eigenvalue weighted by Gasteiger charge is 1.96. The molecule has 0 saturated heterocycles. The van der Waals surface area contributed by atoms with Crippen LogP contribution in [0.1, 0.15) is 109 Å². The highest BCUT2D eigenvalue weighted by Crippen LogP contribution is 2.17. The standard InChI is InChI=1S/C29H44/c1-2-3-4-5-6-7-8-9-10-11-12-13-14-15-16-17-18-21-27-24-25-28-22-19-20-23-29(28)26-27/h14-15,19-20,22-26H,2-13,16-18,21H2,1H3/b15-14+. The summed E-state index contributed by atoms with van der Waals surface area (Å²) in [6.07, 6.45) is 26.9. The lowest BCUT2D eigenvalue weighted by atomic mass is 10.0. The van der Waals surface area contributed by atoms with Gasteiger partial charge < -0.3 is 0 Å². The van der Waals surface area contributed by atoms with Crippen LogP contribution in [0.15, 0.2) is 54.6 Å². The summed E-state index contributed by atoms with van der Waals surface area (Å²) >= 11 is 0. The second kappa shape index (κ2) is 16.3. The van der Waals surface area contributed by atoms with Crippen LogP contribution in [0.4, 0.5) is 0 Å². The fraction of sp³-hybridized carbons (Fsp3) is 0.586. The van der Waals surface area contributed by atoms with Gasteiger partial charge in [0.25, 0.3) is 0 Å². The van der Waals surface area contributed by atoms with Crippen molar-refractivity contribution in [3.05, 3.63) is 60.2 Å². The zero-order valence-electron chi connectivity index (χ0n) is 19.0. The lowest BCUT2D eigenvalue weighted by molar-refractivity contribution is 0.550. The molecule has 160 valence electrons. The highest BCUT2D eigenvalue weighted by molar-refractivity contribution is 5.82. The molecule has 0 bridgehead atoms. The average Bonchev–Trinajstić information content (AvgIpc) is 2.76. The monoisotopic (exact) mass is 392 g/mol. The van der Waals surface area contributed by atoms with E-state index in [1.807, 2.05) is 0 Å². The predicted molar refractivity (Wildman–Crippen MR) is 132 cm³/mol. The molecule has 0 aromatic heterocycles. The quantitative estimate of drug-likeness (QED) is 0.185. The number of benzene rings is 2.